The molecule has 6 heteroatoms. The second-order valence-corrected chi connectivity index (χ2v) is 5.15. The Morgan fingerprint density at radius 2 is 2.25 bits per heavy atom. The number of nitrogens with one attached hydrogen (secondary N) is 2. The third kappa shape index (κ3) is 1.84. The number of carbonyl (C=O) groups is 1. The maximum atomic E-state index is 12.5. The van der Waals surface area contributed by atoms with Crippen molar-refractivity contribution in [2.24, 2.45) is 0 Å². The van der Waals surface area contributed by atoms with Crippen molar-refractivity contribution in [3.8, 4) is 0 Å². The van der Waals surface area contributed by atoms with Crippen LogP contribution >= 0.6 is 0 Å². The van der Waals surface area contributed by atoms with Crippen LogP contribution in [0.5, 0.6) is 0 Å². The van der Waals surface area contributed by atoms with Crippen LogP contribution in [-0.2, 0) is 4.74 Å². The number of aryl methyl sites for hydroxylation is 1. The largest absolute Gasteiger partial charge is 0.383 e. The Kier molecular flexibility index (Phi) is 3.10. The second-order valence-electron chi connectivity index (χ2n) is 5.15. The Hall–Kier alpha value is -2.08. The minimum Gasteiger partial charge on any atom is -0.383 e. The number of carbonyl (C=O) groups excluding carboxylic acids is 1. The van der Waals surface area contributed by atoms with Gasteiger partial charge in [-0.05, 0) is 18.9 Å². The number of hydrogen-bond donors (Lipinski definition) is 2. The summed E-state index contributed by atoms with van der Waals surface area (Å²) >= 11 is 0. The summed E-state index contributed by atoms with van der Waals surface area (Å²) < 4.78 is 5.10. The van der Waals surface area contributed by atoms with Gasteiger partial charge < -0.3 is 19.6 Å². The topological polar surface area (TPSA) is 78.2 Å². The van der Waals surface area contributed by atoms with Crippen LogP contribution in [-0.4, -0.2) is 47.1 Å². The molecule has 2 N–H and O–H groups in total. The van der Waals surface area contributed by atoms with E-state index in [-0.39, 0.29) is 17.5 Å². The fourth-order valence-electron chi connectivity index (χ4n) is 2.69. The molecule has 1 aliphatic rings. The van der Waals surface area contributed by atoms with Gasteiger partial charge in [0.15, 0.2) is 0 Å². The van der Waals surface area contributed by atoms with Crippen LogP contribution in [0.25, 0.3) is 10.9 Å². The lowest BCUT2D eigenvalue weighted by molar-refractivity contribution is 0.0203. The van der Waals surface area contributed by atoms with Crippen molar-refractivity contribution in [2.75, 3.05) is 20.3 Å². The number of nitrogens with zero attached hydrogens (tertiary/aromatic N) is 1. The molecule has 2 aromatic heterocycles. The van der Waals surface area contributed by atoms with Gasteiger partial charge in [0.25, 0.3) is 11.5 Å². The number of aromatic nitrogens is 2. The smallest absolute Gasteiger partial charge is 0.258 e. The number of rotatable bonds is 3. The Balaban J connectivity index is 2.01. The summed E-state index contributed by atoms with van der Waals surface area (Å²) in [7, 11) is 1.63. The molecule has 0 saturated carbocycles. The Labute approximate surface area is 115 Å². The van der Waals surface area contributed by atoms with E-state index >= 15 is 0 Å². The van der Waals surface area contributed by atoms with Crippen molar-refractivity contribution in [1.82, 2.24) is 14.9 Å². The molecule has 106 valence electrons. The summed E-state index contributed by atoms with van der Waals surface area (Å²) in [5.74, 6) is -0.111. The highest BCUT2D eigenvalue weighted by molar-refractivity contribution is 6.07. The standard InChI is InChI=1S/C14H17N3O3/c1-8-5-16-13(18)11-10(6-15-12(8)11)14(19)17-4-3-9(17)7-20-2/h5-6,9,15H,3-4,7H2,1-2H3,(H,16,18)/t9-/m1/s1. The third-order valence-electron chi connectivity index (χ3n) is 3.92. The molecular formula is C14H17N3O3. The molecule has 20 heavy (non-hydrogen) atoms. The van der Waals surface area contributed by atoms with E-state index in [1.165, 1.54) is 0 Å². The maximum absolute atomic E-state index is 12.5. The van der Waals surface area contributed by atoms with E-state index in [0.29, 0.717) is 24.1 Å². The second kappa shape index (κ2) is 4.79. The highest BCUT2D eigenvalue weighted by Gasteiger charge is 2.34. The average Bonchev–Trinajstić information content (AvgIpc) is 2.85. The summed E-state index contributed by atoms with van der Waals surface area (Å²) in [6, 6.07) is 0.112. The molecule has 0 aromatic carbocycles. The molecule has 1 amide bonds. The van der Waals surface area contributed by atoms with E-state index < -0.39 is 0 Å². The van der Waals surface area contributed by atoms with E-state index in [0.717, 1.165) is 17.5 Å². The van der Waals surface area contributed by atoms with E-state index in [1.54, 1.807) is 24.4 Å². The number of ether oxygens (including phenoxy) is 1. The van der Waals surface area contributed by atoms with Gasteiger partial charge in [0.05, 0.1) is 29.1 Å². The molecule has 3 heterocycles. The van der Waals surface area contributed by atoms with Gasteiger partial charge in [-0.3, -0.25) is 9.59 Å². The lowest BCUT2D eigenvalue weighted by Gasteiger charge is -2.40. The number of fused-ring (bicyclic) bond motifs is 1. The summed E-state index contributed by atoms with van der Waals surface area (Å²) in [5.41, 5.74) is 1.83. The number of aromatic amines is 2. The summed E-state index contributed by atoms with van der Waals surface area (Å²) in [6.45, 7) is 3.13. The minimum atomic E-state index is -0.237. The number of amides is 1. The summed E-state index contributed by atoms with van der Waals surface area (Å²) in [6.07, 6.45) is 4.21. The van der Waals surface area contributed by atoms with E-state index in [1.807, 2.05) is 6.92 Å². The van der Waals surface area contributed by atoms with Crippen molar-refractivity contribution in [3.63, 3.8) is 0 Å². The van der Waals surface area contributed by atoms with Crippen molar-refractivity contribution in [1.29, 1.82) is 0 Å². The highest BCUT2D eigenvalue weighted by Crippen LogP contribution is 2.24. The summed E-state index contributed by atoms with van der Waals surface area (Å²) in [4.78, 5) is 32.0. The SMILES string of the molecule is COC[C@H]1CCN1C(=O)c1c[nH]c2c(C)c[nH]c(=O)c12. The van der Waals surface area contributed by atoms with Gasteiger partial charge in [-0.2, -0.15) is 0 Å². The van der Waals surface area contributed by atoms with Crippen molar-refractivity contribution >= 4 is 16.8 Å². The van der Waals surface area contributed by atoms with Gasteiger partial charge in [0.1, 0.15) is 0 Å². The van der Waals surface area contributed by atoms with Gasteiger partial charge in [0.2, 0.25) is 0 Å². The number of H-pyrrole nitrogens is 2. The van der Waals surface area contributed by atoms with Gasteiger partial charge in [-0.25, -0.2) is 0 Å². The first kappa shape index (κ1) is 12.9. The van der Waals surface area contributed by atoms with Crippen LogP contribution in [0, 0.1) is 6.92 Å². The van der Waals surface area contributed by atoms with Gasteiger partial charge in [-0.15, -0.1) is 0 Å². The number of methoxy groups -OCH3 is 1. The molecule has 1 saturated heterocycles. The first-order chi connectivity index (χ1) is 9.63. The molecule has 1 aliphatic heterocycles. The van der Waals surface area contributed by atoms with Crippen molar-refractivity contribution in [2.45, 2.75) is 19.4 Å². The van der Waals surface area contributed by atoms with Crippen LogP contribution in [0.2, 0.25) is 0 Å². The zero-order chi connectivity index (χ0) is 14.3. The maximum Gasteiger partial charge on any atom is 0.258 e. The lowest BCUT2D eigenvalue weighted by atomic mass is 10.0. The molecular weight excluding hydrogens is 258 g/mol. The molecule has 0 radical (unpaired) electrons. The van der Waals surface area contributed by atoms with E-state index in [2.05, 4.69) is 9.97 Å². The number of hydrogen-bond acceptors (Lipinski definition) is 3. The molecule has 2 aromatic rings. The van der Waals surface area contributed by atoms with E-state index in [9.17, 15) is 9.59 Å². The zero-order valence-corrected chi connectivity index (χ0v) is 11.5. The monoisotopic (exact) mass is 275 g/mol. The molecule has 6 nitrogen and oxygen atoms in total. The van der Waals surface area contributed by atoms with Gasteiger partial charge in [0, 0.05) is 26.0 Å². The normalized spacial score (nSPS) is 18.3. The Bertz CT molecular complexity index is 716. The lowest BCUT2D eigenvalue weighted by Crippen LogP contribution is -2.53. The fraction of sp³-hybridized carbons (Fsp3) is 0.429. The van der Waals surface area contributed by atoms with Crippen LogP contribution < -0.4 is 5.56 Å². The molecule has 0 aliphatic carbocycles. The quantitative estimate of drug-likeness (QED) is 0.878. The Morgan fingerprint density at radius 1 is 1.45 bits per heavy atom. The molecule has 3 rings (SSSR count). The molecule has 0 unspecified atom stereocenters. The van der Waals surface area contributed by atoms with Gasteiger partial charge >= 0.3 is 0 Å². The molecule has 0 spiro atoms. The fourth-order valence-corrected chi connectivity index (χ4v) is 2.69. The molecule has 1 atom stereocenters. The minimum absolute atomic E-state index is 0.111. The molecule has 1 fully saturated rings. The highest BCUT2D eigenvalue weighted by atomic mass is 16.5. The van der Waals surface area contributed by atoms with E-state index in [4.69, 9.17) is 4.74 Å². The Morgan fingerprint density at radius 3 is 2.90 bits per heavy atom. The number of likely N-dealkylation sites (tertiary alicyclic amines) is 1. The number of pyridine rings is 1. The average molecular weight is 275 g/mol. The third-order valence-corrected chi connectivity index (χ3v) is 3.92. The zero-order valence-electron chi connectivity index (χ0n) is 11.5. The first-order valence-corrected chi connectivity index (χ1v) is 6.62. The van der Waals surface area contributed by atoms with Gasteiger partial charge in [-0.1, -0.05) is 0 Å². The summed E-state index contributed by atoms with van der Waals surface area (Å²) in [5, 5.41) is 0.443. The predicted octanol–water partition coefficient (Wildman–Crippen LogP) is 1.03. The first-order valence-electron chi connectivity index (χ1n) is 6.62. The van der Waals surface area contributed by atoms with Crippen LogP contribution in [0.4, 0.5) is 0 Å². The van der Waals surface area contributed by atoms with Crippen LogP contribution in [0.1, 0.15) is 22.3 Å². The predicted molar refractivity (Wildman–Crippen MR) is 75.0 cm³/mol. The van der Waals surface area contributed by atoms with Crippen LogP contribution in [0.15, 0.2) is 17.2 Å². The van der Waals surface area contributed by atoms with Crippen molar-refractivity contribution in [3.05, 3.63) is 33.9 Å². The van der Waals surface area contributed by atoms with Crippen molar-refractivity contribution < 1.29 is 9.53 Å². The molecule has 0 bridgehead atoms. The van der Waals surface area contributed by atoms with Crippen LogP contribution in [0.3, 0.4) is 0 Å².